The first-order valence-electron chi connectivity index (χ1n) is 7.97. The summed E-state index contributed by atoms with van der Waals surface area (Å²) in [5.74, 6) is 1.01. The zero-order valence-electron chi connectivity index (χ0n) is 13.8. The van der Waals surface area contributed by atoms with Gasteiger partial charge in [0.15, 0.2) is 17.3 Å². The third kappa shape index (κ3) is 3.13. The van der Waals surface area contributed by atoms with Gasteiger partial charge in [0.25, 0.3) is 5.22 Å². The van der Waals surface area contributed by atoms with Crippen molar-refractivity contribution >= 4 is 17.7 Å². The van der Waals surface area contributed by atoms with Gasteiger partial charge in [-0.25, -0.2) is 4.98 Å². The number of aliphatic carboxylic acids is 1. The third-order valence-corrected chi connectivity index (χ3v) is 4.85. The highest BCUT2D eigenvalue weighted by Gasteiger charge is 2.23. The number of oxazole rings is 1. The Labute approximate surface area is 153 Å². The van der Waals surface area contributed by atoms with Crippen molar-refractivity contribution < 1.29 is 23.8 Å². The average molecular weight is 369 g/mol. The summed E-state index contributed by atoms with van der Waals surface area (Å²) in [6.45, 7) is 1.79. The van der Waals surface area contributed by atoms with Gasteiger partial charge in [-0.15, -0.1) is 0 Å². The standard InChI is InChI=1S/C19H15NO5S/c1-11(18(21)22)26-19-20-16(17(25-19)12-5-3-2-4-6-12)13-7-8-14-15(9-13)24-10-23-14/h2-9,11H,10H2,1H3,(H,21,22). The first kappa shape index (κ1) is 16.5. The van der Waals surface area contributed by atoms with Crippen molar-refractivity contribution in [2.45, 2.75) is 17.4 Å². The number of ether oxygens (including phenoxy) is 2. The molecule has 2 heterocycles. The van der Waals surface area contributed by atoms with E-state index in [1.807, 2.05) is 48.5 Å². The number of thioether (sulfide) groups is 1. The van der Waals surface area contributed by atoms with Crippen LogP contribution in [0.15, 0.2) is 58.2 Å². The molecule has 0 spiro atoms. The van der Waals surface area contributed by atoms with Crippen LogP contribution in [-0.2, 0) is 4.79 Å². The number of hydrogen-bond acceptors (Lipinski definition) is 6. The molecule has 1 aliphatic rings. The lowest BCUT2D eigenvalue weighted by atomic mass is 10.1. The molecule has 0 fully saturated rings. The molecular formula is C19H15NO5S. The molecule has 2 aromatic carbocycles. The zero-order chi connectivity index (χ0) is 18.1. The molecule has 6 nitrogen and oxygen atoms in total. The van der Waals surface area contributed by atoms with Crippen LogP contribution < -0.4 is 9.47 Å². The Bertz CT molecular complexity index is 954. The lowest BCUT2D eigenvalue weighted by Crippen LogP contribution is -2.10. The van der Waals surface area contributed by atoms with E-state index in [1.165, 1.54) is 0 Å². The molecular weight excluding hydrogens is 354 g/mol. The van der Waals surface area contributed by atoms with E-state index in [1.54, 1.807) is 6.92 Å². The number of hydrogen-bond donors (Lipinski definition) is 1. The Morgan fingerprint density at radius 3 is 2.65 bits per heavy atom. The van der Waals surface area contributed by atoms with Crippen molar-refractivity contribution in [2.24, 2.45) is 0 Å². The summed E-state index contributed by atoms with van der Waals surface area (Å²) in [4.78, 5) is 15.7. The molecule has 1 aromatic heterocycles. The van der Waals surface area contributed by atoms with E-state index in [0.29, 0.717) is 28.2 Å². The van der Waals surface area contributed by atoms with Crippen LogP contribution in [0.5, 0.6) is 11.5 Å². The second-order valence-corrected chi connectivity index (χ2v) is 6.98. The summed E-state index contributed by atoms with van der Waals surface area (Å²) in [6.07, 6.45) is 0. The predicted molar refractivity (Wildman–Crippen MR) is 96.5 cm³/mol. The molecule has 26 heavy (non-hydrogen) atoms. The van der Waals surface area contributed by atoms with Gasteiger partial charge in [-0.1, -0.05) is 42.1 Å². The highest BCUT2D eigenvalue weighted by atomic mass is 32.2. The number of carboxylic acid groups (broad SMARTS) is 1. The maximum Gasteiger partial charge on any atom is 0.316 e. The number of aromatic nitrogens is 1. The molecule has 0 bridgehead atoms. The van der Waals surface area contributed by atoms with Crippen LogP contribution in [0.2, 0.25) is 0 Å². The van der Waals surface area contributed by atoms with E-state index < -0.39 is 11.2 Å². The Morgan fingerprint density at radius 1 is 1.12 bits per heavy atom. The first-order chi connectivity index (χ1) is 12.6. The Morgan fingerprint density at radius 2 is 1.88 bits per heavy atom. The fourth-order valence-electron chi connectivity index (χ4n) is 2.58. The van der Waals surface area contributed by atoms with Crippen molar-refractivity contribution in [3.63, 3.8) is 0 Å². The maximum atomic E-state index is 11.1. The highest BCUT2D eigenvalue weighted by Crippen LogP contribution is 2.40. The van der Waals surface area contributed by atoms with Gasteiger partial charge in [0.1, 0.15) is 10.9 Å². The van der Waals surface area contributed by atoms with Gasteiger partial charge in [0.05, 0.1) is 0 Å². The second kappa shape index (κ2) is 6.76. The molecule has 1 unspecified atom stereocenters. The van der Waals surface area contributed by atoms with E-state index in [2.05, 4.69) is 4.98 Å². The Hall–Kier alpha value is -2.93. The third-order valence-electron chi connectivity index (χ3n) is 3.91. The Balaban J connectivity index is 1.79. The van der Waals surface area contributed by atoms with Gasteiger partial charge in [0.2, 0.25) is 6.79 Å². The number of fused-ring (bicyclic) bond motifs is 1. The zero-order valence-corrected chi connectivity index (χ0v) is 14.7. The number of carboxylic acids is 1. The van der Waals surface area contributed by atoms with Gasteiger partial charge in [-0.3, -0.25) is 4.79 Å². The van der Waals surface area contributed by atoms with E-state index in [0.717, 1.165) is 22.9 Å². The van der Waals surface area contributed by atoms with Crippen LogP contribution in [0.4, 0.5) is 0 Å². The summed E-state index contributed by atoms with van der Waals surface area (Å²) in [5.41, 5.74) is 2.31. The number of benzene rings is 2. The molecule has 3 aromatic rings. The van der Waals surface area contributed by atoms with Crippen molar-refractivity contribution in [1.29, 1.82) is 0 Å². The normalized spacial score (nSPS) is 13.6. The van der Waals surface area contributed by atoms with E-state index in [-0.39, 0.29) is 6.79 Å². The molecule has 0 amide bonds. The lowest BCUT2D eigenvalue weighted by Gasteiger charge is -2.03. The molecule has 0 aliphatic carbocycles. The fourth-order valence-corrected chi connectivity index (χ4v) is 3.26. The van der Waals surface area contributed by atoms with E-state index in [4.69, 9.17) is 19.0 Å². The van der Waals surface area contributed by atoms with Gasteiger partial charge >= 0.3 is 5.97 Å². The van der Waals surface area contributed by atoms with E-state index >= 15 is 0 Å². The molecule has 1 N–H and O–H groups in total. The minimum atomic E-state index is -0.918. The van der Waals surface area contributed by atoms with Gasteiger partial charge in [-0.2, -0.15) is 0 Å². The predicted octanol–water partition coefficient (Wildman–Crippen LogP) is 4.30. The lowest BCUT2D eigenvalue weighted by molar-refractivity contribution is -0.136. The molecule has 1 atom stereocenters. The number of carbonyl (C=O) groups is 1. The summed E-state index contributed by atoms with van der Waals surface area (Å²) in [6, 6.07) is 15.1. The number of nitrogens with zero attached hydrogens (tertiary/aromatic N) is 1. The quantitative estimate of drug-likeness (QED) is 0.671. The molecule has 132 valence electrons. The van der Waals surface area contributed by atoms with Crippen molar-refractivity contribution in [3.05, 3.63) is 48.5 Å². The summed E-state index contributed by atoms with van der Waals surface area (Å²) in [7, 11) is 0. The van der Waals surface area contributed by atoms with E-state index in [9.17, 15) is 4.79 Å². The van der Waals surface area contributed by atoms with Gasteiger partial charge < -0.3 is 19.0 Å². The van der Waals surface area contributed by atoms with Crippen molar-refractivity contribution in [3.8, 4) is 34.1 Å². The first-order valence-corrected chi connectivity index (χ1v) is 8.85. The van der Waals surface area contributed by atoms with Crippen LogP contribution in [0.1, 0.15) is 6.92 Å². The van der Waals surface area contributed by atoms with Crippen LogP contribution in [0.25, 0.3) is 22.6 Å². The summed E-state index contributed by atoms with van der Waals surface area (Å²) in [5, 5.41) is 8.79. The maximum absolute atomic E-state index is 11.1. The summed E-state index contributed by atoms with van der Waals surface area (Å²) < 4.78 is 16.7. The monoisotopic (exact) mass is 369 g/mol. The highest BCUT2D eigenvalue weighted by molar-refractivity contribution is 8.00. The number of rotatable bonds is 5. The molecule has 7 heteroatoms. The minimum absolute atomic E-state index is 0.195. The molecule has 1 aliphatic heterocycles. The second-order valence-electron chi connectivity index (χ2n) is 5.69. The topological polar surface area (TPSA) is 81.8 Å². The minimum Gasteiger partial charge on any atom is -0.480 e. The van der Waals surface area contributed by atoms with Crippen molar-refractivity contribution in [2.75, 3.05) is 6.79 Å². The van der Waals surface area contributed by atoms with Crippen LogP contribution in [0.3, 0.4) is 0 Å². The smallest absolute Gasteiger partial charge is 0.316 e. The van der Waals surface area contributed by atoms with Crippen molar-refractivity contribution in [1.82, 2.24) is 4.98 Å². The molecule has 0 saturated carbocycles. The molecule has 0 radical (unpaired) electrons. The van der Waals surface area contributed by atoms with Crippen LogP contribution in [-0.4, -0.2) is 28.1 Å². The largest absolute Gasteiger partial charge is 0.480 e. The van der Waals surface area contributed by atoms with Crippen LogP contribution >= 0.6 is 11.8 Å². The SMILES string of the molecule is CC(Sc1nc(-c2ccc3c(c2)OCO3)c(-c2ccccc2)o1)C(=O)O. The van der Waals surface area contributed by atoms with Gasteiger partial charge in [0, 0.05) is 11.1 Å². The summed E-state index contributed by atoms with van der Waals surface area (Å²) >= 11 is 1.07. The fraction of sp³-hybridized carbons (Fsp3) is 0.158. The average Bonchev–Trinajstić information content (AvgIpc) is 3.28. The Kier molecular flexibility index (Phi) is 4.30. The van der Waals surface area contributed by atoms with Crippen LogP contribution in [0, 0.1) is 0 Å². The molecule has 0 saturated heterocycles. The molecule has 4 rings (SSSR count). The van der Waals surface area contributed by atoms with Gasteiger partial charge in [-0.05, 0) is 25.1 Å².